The molecular weight excluding hydrogens is 413 g/mol. The highest BCUT2D eigenvalue weighted by Crippen LogP contribution is 2.37. The third-order valence-electron chi connectivity index (χ3n) is 4.97. The van der Waals surface area contributed by atoms with Crippen LogP contribution in [0, 0.1) is 0 Å². The highest BCUT2D eigenvalue weighted by Gasteiger charge is 2.41. The SMILES string of the molecule is CC1(C)C(=O)NCCN1c1ncc(-c2cccc(N(c3ncccn3)C(F)(F)F)c2)o1. The van der Waals surface area contributed by atoms with Crippen LogP contribution in [0.1, 0.15) is 13.8 Å². The highest BCUT2D eigenvalue weighted by atomic mass is 19.4. The van der Waals surface area contributed by atoms with Crippen molar-refractivity contribution in [3.05, 3.63) is 48.9 Å². The molecule has 0 radical (unpaired) electrons. The smallest absolute Gasteiger partial charge is 0.423 e. The van der Waals surface area contributed by atoms with Crippen molar-refractivity contribution in [3.8, 4) is 11.3 Å². The van der Waals surface area contributed by atoms with E-state index in [9.17, 15) is 18.0 Å². The Morgan fingerprint density at radius 1 is 1.16 bits per heavy atom. The molecule has 1 N–H and O–H groups in total. The second-order valence-electron chi connectivity index (χ2n) is 7.38. The summed E-state index contributed by atoms with van der Waals surface area (Å²) in [6.45, 7) is 4.42. The van der Waals surface area contributed by atoms with Crippen LogP contribution in [0.15, 0.2) is 53.3 Å². The summed E-state index contributed by atoms with van der Waals surface area (Å²) in [7, 11) is 0. The Morgan fingerprint density at radius 2 is 1.90 bits per heavy atom. The van der Waals surface area contributed by atoms with Gasteiger partial charge in [0, 0.05) is 31.0 Å². The maximum absolute atomic E-state index is 13.8. The van der Waals surface area contributed by atoms with Crippen molar-refractivity contribution in [2.75, 3.05) is 22.9 Å². The first kappa shape index (κ1) is 20.6. The Labute approximate surface area is 175 Å². The van der Waals surface area contributed by atoms with E-state index < -0.39 is 17.8 Å². The van der Waals surface area contributed by atoms with Gasteiger partial charge < -0.3 is 14.6 Å². The summed E-state index contributed by atoms with van der Waals surface area (Å²) < 4.78 is 47.1. The number of benzene rings is 1. The first-order valence-electron chi connectivity index (χ1n) is 9.44. The van der Waals surface area contributed by atoms with Gasteiger partial charge in [0.1, 0.15) is 5.54 Å². The van der Waals surface area contributed by atoms with Crippen molar-refractivity contribution in [2.24, 2.45) is 0 Å². The highest BCUT2D eigenvalue weighted by molar-refractivity contribution is 5.89. The molecule has 1 aromatic carbocycles. The molecular formula is C20H19F3N6O2. The minimum absolute atomic E-state index is 0.0891. The zero-order valence-corrected chi connectivity index (χ0v) is 16.7. The zero-order chi connectivity index (χ0) is 22.2. The standard InChI is InChI=1S/C20H19F3N6O2/c1-19(2)16(30)24-9-10-28(19)18-27-12-15(31-18)13-5-3-6-14(11-13)29(20(21,22)23)17-25-7-4-8-26-17/h3-8,11-12H,9-10H2,1-2H3,(H,24,30). The molecule has 1 aliphatic rings. The number of anilines is 3. The van der Waals surface area contributed by atoms with E-state index in [-0.39, 0.29) is 28.3 Å². The van der Waals surface area contributed by atoms with Crippen LogP contribution in [0.3, 0.4) is 0 Å². The lowest BCUT2D eigenvalue weighted by atomic mass is 10.00. The van der Waals surface area contributed by atoms with Gasteiger partial charge >= 0.3 is 6.30 Å². The van der Waals surface area contributed by atoms with Crippen LogP contribution < -0.4 is 15.1 Å². The van der Waals surface area contributed by atoms with Crippen LogP contribution in [0.25, 0.3) is 11.3 Å². The van der Waals surface area contributed by atoms with Crippen LogP contribution in [0.5, 0.6) is 0 Å². The third-order valence-corrected chi connectivity index (χ3v) is 4.97. The molecule has 1 fully saturated rings. The van der Waals surface area contributed by atoms with Gasteiger partial charge in [0.25, 0.3) is 6.01 Å². The lowest BCUT2D eigenvalue weighted by Gasteiger charge is -2.40. The molecule has 3 heterocycles. The number of rotatable bonds is 4. The van der Waals surface area contributed by atoms with E-state index in [2.05, 4.69) is 20.3 Å². The first-order chi connectivity index (χ1) is 14.7. The van der Waals surface area contributed by atoms with Gasteiger partial charge in [-0.2, -0.15) is 0 Å². The molecule has 1 aliphatic heterocycles. The van der Waals surface area contributed by atoms with E-state index >= 15 is 0 Å². The number of nitrogens with zero attached hydrogens (tertiary/aromatic N) is 5. The van der Waals surface area contributed by atoms with E-state index in [0.29, 0.717) is 18.7 Å². The Hall–Kier alpha value is -3.63. The zero-order valence-electron chi connectivity index (χ0n) is 16.7. The summed E-state index contributed by atoms with van der Waals surface area (Å²) in [5, 5.41) is 2.79. The second-order valence-corrected chi connectivity index (χ2v) is 7.38. The number of hydrogen-bond donors (Lipinski definition) is 1. The van der Waals surface area contributed by atoms with Gasteiger partial charge in [-0.25, -0.2) is 19.9 Å². The maximum Gasteiger partial charge on any atom is 0.491 e. The van der Waals surface area contributed by atoms with Gasteiger partial charge in [-0.15, -0.1) is 13.2 Å². The number of halogens is 3. The average molecular weight is 432 g/mol. The topological polar surface area (TPSA) is 87.4 Å². The number of piperazine rings is 1. The molecule has 0 aliphatic carbocycles. The first-order valence-corrected chi connectivity index (χ1v) is 9.44. The molecule has 0 spiro atoms. The molecule has 1 amide bonds. The van der Waals surface area contributed by atoms with Crippen LogP contribution >= 0.6 is 0 Å². The van der Waals surface area contributed by atoms with Gasteiger partial charge in [-0.1, -0.05) is 12.1 Å². The number of nitrogens with one attached hydrogen (secondary N) is 1. The second kappa shape index (κ2) is 7.56. The Morgan fingerprint density at radius 3 is 2.61 bits per heavy atom. The molecule has 4 rings (SSSR count). The quantitative estimate of drug-likeness (QED) is 0.632. The number of hydrogen-bond acceptors (Lipinski definition) is 7. The monoisotopic (exact) mass is 432 g/mol. The van der Waals surface area contributed by atoms with Crippen LogP contribution in [0.2, 0.25) is 0 Å². The van der Waals surface area contributed by atoms with Gasteiger partial charge in [0.15, 0.2) is 5.76 Å². The molecule has 0 saturated carbocycles. The molecule has 2 aromatic heterocycles. The number of carbonyl (C=O) groups excluding carboxylic acids is 1. The number of alkyl halides is 3. The van der Waals surface area contributed by atoms with Gasteiger partial charge in [-0.05, 0) is 32.0 Å². The van der Waals surface area contributed by atoms with E-state index in [1.165, 1.54) is 42.9 Å². The number of oxazole rings is 1. The van der Waals surface area contributed by atoms with Crippen LogP contribution in [-0.2, 0) is 4.79 Å². The fourth-order valence-electron chi connectivity index (χ4n) is 3.34. The van der Waals surface area contributed by atoms with Crippen molar-refractivity contribution in [2.45, 2.75) is 25.7 Å². The number of amides is 1. The van der Waals surface area contributed by atoms with Crippen molar-refractivity contribution in [1.29, 1.82) is 0 Å². The fraction of sp³-hybridized carbons (Fsp3) is 0.300. The van der Waals surface area contributed by atoms with Crippen molar-refractivity contribution in [3.63, 3.8) is 0 Å². The average Bonchev–Trinajstić information content (AvgIpc) is 3.20. The van der Waals surface area contributed by atoms with Crippen LogP contribution in [0.4, 0.5) is 30.8 Å². The van der Waals surface area contributed by atoms with Gasteiger partial charge in [0.2, 0.25) is 11.9 Å². The molecule has 1 saturated heterocycles. The summed E-state index contributed by atoms with van der Waals surface area (Å²) >= 11 is 0. The predicted octanol–water partition coefficient (Wildman–Crippen LogP) is 3.50. The summed E-state index contributed by atoms with van der Waals surface area (Å²) in [5.41, 5.74) is -0.660. The molecule has 162 valence electrons. The molecule has 0 bridgehead atoms. The van der Waals surface area contributed by atoms with Crippen LogP contribution in [-0.4, -0.2) is 45.8 Å². The normalized spacial score (nSPS) is 16.2. The van der Waals surface area contributed by atoms with Crippen molar-refractivity contribution >= 4 is 23.6 Å². The van der Waals surface area contributed by atoms with Crippen molar-refractivity contribution in [1.82, 2.24) is 20.3 Å². The summed E-state index contributed by atoms with van der Waals surface area (Å²) in [6.07, 6.45) is -0.833. The minimum Gasteiger partial charge on any atom is -0.423 e. The summed E-state index contributed by atoms with van der Waals surface area (Å²) in [5.74, 6) is -0.384. The van der Waals surface area contributed by atoms with Gasteiger partial charge in [-0.3, -0.25) is 4.79 Å². The lowest BCUT2D eigenvalue weighted by molar-refractivity contribution is -0.126. The lowest BCUT2D eigenvalue weighted by Crippen LogP contribution is -2.62. The Bertz CT molecular complexity index is 1080. The van der Waals surface area contributed by atoms with E-state index in [1.807, 2.05) is 0 Å². The predicted molar refractivity (Wildman–Crippen MR) is 107 cm³/mol. The molecule has 11 heteroatoms. The van der Waals surface area contributed by atoms with E-state index in [4.69, 9.17) is 4.42 Å². The molecule has 3 aromatic rings. The molecule has 8 nitrogen and oxygen atoms in total. The number of carbonyl (C=O) groups is 1. The summed E-state index contributed by atoms with van der Waals surface area (Å²) in [4.78, 5) is 25.7. The molecule has 0 atom stereocenters. The molecule has 0 unspecified atom stereocenters. The maximum atomic E-state index is 13.8. The summed E-state index contributed by atoms with van der Waals surface area (Å²) in [6, 6.07) is 7.38. The Balaban J connectivity index is 1.69. The van der Waals surface area contributed by atoms with Crippen molar-refractivity contribution < 1.29 is 22.4 Å². The Kier molecular flexibility index (Phi) is 5.03. The fourth-order valence-corrected chi connectivity index (χ4v) is 3.34. The van der Waals surface area contributed by atoms with Gasteiger partial charge in [0.05, 0.1) is 11.9 Å². The number of aromatic nitrogens is 3. The largest absolute Gasteiger partial charge is 0.491 e. The van der Waals surface area contributed by atoms with E-state index in [1.54, 1.807) is 24.8 Å². The minimum atomic E-state index is -4.74. The van der Waals surface area contributed by atoms with E-state index in [0.717, 1.165) is 0 Å². The molecule has 31 heavy (non-hydrogen) atoms. The third kappa shape index (κ3) is 3.90.